The molecule has 0 spiro atoms. The number of nitrogens with one attached hydrogen (secondary N) is 1. The Morgan fingerprint density at radius 1 is 1.33 bits per heavy atom. The van der Waals surface area contributed by atoms with Crippen molar-refractivity contribution in [3.8, 4) is 5.69 Å². The predicted octanol–water partition coefficient (Wildman–Crippen LogP) is 4.54. The number of rotatable bonds is 3. The minimum atomic E-state index is 0.713. The van der Waals surface area contributed by atoms with Crippen LogP contribution in [0.4, 0.5) is 0 Å². The normalized spacial score (nSPS) is 11.4. The average molecular weight is 365 g/mol. The van der Waals surface area contributed by atoms with E-state index in [4.69, 9.17) is 12.2 Å². The number of hydrogen-bond acceptors (Lipinski definition) is 2. The quantitative estimate of drug-likeness (QED) is 0.692. The van der Waals surface area contributed by atoms with Gasteiger partial charge in [0.2, 0.25) is 0 Å². The highest BCUT2D eigenvalue weighted by Gasteiger charge is 2.16. The fourth-order valence-corrected chi connectivity index (χ4v) is 3.40. The van der Waals surface area contributed by atoms with Crippen LogP contribution in [0.15, 0.2) is 22.7 Å². The monoisotopic (exact) mass is 364 g/mol. The lowest BCUT2D eigenvalue weighted by molar-refractivity contribution is 0.661. The molecule has 0 fully saturated rings. The van der Waals surface area contributed by atoms with Crippen molar-refractivity contribution >= 4 is 39.3 Å². The lowest BCUT2D eigenvalue weighted by atomic mass is 10.1. The van der Waals surface area contributed by atoms with Crippen molar-refractivity contribution in [2.75, 3.05) is 0 Å². The lowest BCUT2D eigenvalue weighted by Crippen LogP contribution is -2.05. The third-order valence-electron chi connectivity index (χ3n) is 3.71. The van der Waals surface area contributed by atoms with Gasteiger partial charge in [-0.3, -0.25) is 4.57 Å². The molecule has 110 valence electrons. The summed E-state index contributed by atoms with van der Waals surface area (Å²) in [5.74, 6) is 0. The molecule has 1 aromatic carbocycles. The van der Waals surface area contributed by atoms with Crippen LogP contribution < -0.4 is 0 Å². The van der Waals surface area contributed by atoms with E-state index in [1.165, 1.54) is 5.56 Å². The molecule has 6 heteroatoms. The summed E-state index contributed by atoms with van der Waals surface area (Å²) in [6, 6.07) is 6.30. The minimum absolute atomic E-state index is 0.713. The number of halogens is 1. The predicted molar refractivity (Wildman–Crippen MR) is 91.7 cm³/mol. The second-order valence-electron chi connectivity index (χ2n) is 4.99. The van der Waals surface area contributed by atoms with Gasteiger partial charge in [0, 0.05) is 11.0 Å². The molecule has 3 rings (SSSR count). The SMILES string of the molecule is CCc1cc(Br)ccc1-n1c(=S)[nH]c2c(C)nn(CC)c21. The van der Waals surface area contributed by atoms with Gasteiger partial charge in [-0.2, -0.15) is 5.10 Å². The summed E-state index contributed by atoms with van der Waals surface area (Å²) in [5, 5.41) is 4.58. The van der Waals surface area contributed by atoms with Crippen molar-refractivity contribution in [1.82, 2.24) is 19.3 Å². The summed E-state index contributed by atoms with van der Waals surface area (Å²) < 4.78 is 5.89. The molecule has 0 unspecified atom stereocenters. The van der Waals surface area contributed by atoms with Crippen LogP contribution in [-0.2, 0) is 13.0 Å². The Morgan fingerprint density at radius 3 is 2.76 bits per heavy atom. The Morgan fingerprint density at radius 2 is 2.10 bits per heavy atom. The molecule has 0 saturated carbocycles. The van der Waals surface area contributed by atoms with Gasteiger partial charge >= 0.3 is 0 Å². The summed E-state index contributed by atoms with van der Waals surface area (Å²) in [6.07, 6.45) is 0.947. The van der Waals surface area contributed by atoms with E-state index in [1.807, 2.05) is 11.6 Å². The van der Waals surface area contributed by atoms with Crippen LogP contribution in [0.2, 0.25) is 0 Å². The number of imidazole rings is 1. The van der Waals surface area contributed by atoms with Crippen LogP contribution in [0.5, 0.6) is 0 Å². The van der Waals surface area contributed by atoms with Gasteiger partial charge in [-0.05, 0) is 56.2 Å². The zero-order valence-electron chi connectivity index (χ0n) is 12.3. The van der Waals surface area contributed by atoms with E-state index < -0.39 is 0 Å². The molecule has 21 heavy (non-hydrogen) atoms. The first-order valence-electron chi connectivity index (χ1n) is 7.03. The highest BCUT2D eigenvalue weighted by Crippen LogP contribution is 2.26. The summed E-state index contributed by atoms with van der Waals surface area (Å²) in [4.78, 5) is 3.30. The van der Waals surface area contributed by atoms with Gasteiger partial charge in [0.25, 0.3) is 0 Å². The van der Waals surface area contributed by atoms with Gasteiger partial charge in [-0.25, -0.2) is 4.68 Å². The molecule has 0 bridgehead atoms. The average Bonchev–Trinajstić information content (AvgIpc) is 2.96. The van der Waals surface area contributed by atoms with Gasteiger partial charge in [0.05, 0.1) is 11.4 Å². The lowest BCUT2D eigenvalue weighted by Gasteiger charge is -2.11. The van der Waals surface area contributed by atoms with Crippen LogP contribution in [0.25, 0.3) is 16.9 Å². The third-order valence-corrected chi connectivity index (χ3v) is 4.49. The molecule has 0 atom stereocenters. The molecule has 0 aliphatic carbocycles. The molecule has 4 nitrogen and oxygen atoms in total. The van der Waals surface area contributed by atoms with Crippen molar-refractivity contribution < 1.29 is 0 Å². The van der Waals surface area contributed by atoms with Crippen LogP contribution in [0.3, 0.4) is 0 Å². The van der Waals surface area contributed by atoms with Gasteiger partial charge in [0.1, 0.15) is 5.52 Å². The molecule has 0 aliphatic heterocycles. The summed E-state index contributed by atoms with van der Waals surface area (Å²) in [6.45, 7) is 7.07. The number of aromatic nitrogens is 4. The molecule has 3 aromatic rings. The largest absolute Gasteiger partial charge is 0.327 e. The number of aromatic amines is 1. The number of aryl methyl sites for hydroxylation is 3. The van der Waals surface area contributed by atoms with Gasteiger partial charge in [-0.15, -0.1) is 0 Å². The standard InChI is InChI=1S/C15H17BrN4S/c1-4-10-8-11(16)6-7-12(10)20-14-13(17-15(20)21)9(3)18-19(14)5-2/h6-8H,4-5H2,1-3H3,(H,17,21). The smallest absolute Gasteiger partial charge is 0.184 e. The first-order valence-corrected chi connectivity index (χ1v) is 8.23. The molecule has 0 radical (unpaired) electrons. The van der Waals surface area contributed by atoms with E-state index in [-0.39, 0.29) is 0 Å². The second kappa shape index (κ2) is 5.42. The summed E-state index contributed by atoms with van der Waals surface area (Å²) in [5.41, 5.74) is 5.41. The molecule has 0 aliphatic rings. The fourth-order valence-electron chi connectivity index (χ4n) is 2.70. The van der Waals surface area contributed by atoms with Crippen LogP contribution >= 0.6 is 28.1 Å². The highest BCUT2D eigenvalue weighted by atomic mass is 79.9. The number of nitrogens with zero attached hydrogens (tertiary/aromatic N) is 3. The minimum Gasteiger partial charge on any atom is -0.327 e. The van der Waals surface area contributed by atoms with Crippen LogP contribution in [0, 0.1) is 11.7 Å². The highest BCUT2D eigenvalue weighted by molar-refractivity contribution is 9.10. The molecule has 0 saturated heterocycles. The fraction of sp³-hybridized carbons (Fsp3) is 0.333. The van der Waals surface area contributed by atoms with E-state index >= 15 is 0 Å². The molecular formula is C15H17BrN4S. The Labute approximate surface area is 136 Å². The first-order chi connectivity index (χ1) is 10.1. The Kier molecular flexibility index (Phi) is 3.75. The maximum Gasteiger partial charge on any atom is 0.184 e. The Balaban J connectivity index is 2.40. The second-order valence-corrected chi connectivity index (χ2v) is 6.29. The number of benzene rings is 1. The number of H-pyrrole nitrogens is 1. The third kappa shape index (κ3) is 2.26. The summed E-state index contributed by atoms with van der Waals surface area (Å²) >= 11 is 9.09. The molecule has 2 aromatic heterocycles. The van der Waals surface area contributed by atoms with Gasteiger partial charge < -0.3 is 4.98 Å². The van der Waals surface area contributed by atoms with E-state index in [2.05, 4.69) is 62.6 Å². The molecule has 1 N–H and O–H groups in total. The molecule has 2 heterocycles. The Hall–Kier alpha value is -1.40. The van der Waals surface area contributed by atoms with Gasteiger partial charge in [-0.1, -0.05) is 22.9 Å². The van der Waals surface area contributed by atoms with E-state index in [1.54, 1.807) is 0 Å². The van der Waals surface area contributed by atoms with Crippen LogP contribution in [0.1, 0.15) is 25.1 Å². The number of hydrogen-bond donors (Lipinski definition) is 1. The van der Waals surface area contributed by atoms with Crippen molar-refractivity contribution in [2.24, 2.45) is 0 Å². The van der Waals surface area contributed by atoms with E-state index in [0.29, 0.717) is 4.77 Å². The Bertz CT molecular complexity index is 872. The van der Waals surface area contributed by atoms with Crippen molar-refractivity contribution in [1.29, 1.82) is 0 Å². The van der Waals surface area contributed by atoms with E-state index in [9.17, 15) is 0 Å². The number of fused-ring (bicyclic) bond motifs is 1. The van der Waals surface area contributed by atoms with Crippen molar-refractivity contribution in [3.05, 3.63) is 38.7 Å². The maximum atomic E-state index is 5.55. The first kappa shape index (κ1) is 14.5. The topological polar surface area (TPSA) is 38.5 Å². The summed E-state index contributed by atoms with van der Waals surface area (Å²) in [7, 11) is 0. The van der Waals surface area contributed by atoms with Gasteiger partial charge in [0.15, 0.2) is 10.4 Å². The van der Waals surface area contributed by atoms with E-state index in [0.717, 1.165) is 40.0 Å². The van der Waals surface area contributed by atoms with Crippen molar-refractivity contribution in [3.63, 3.8) is 0 Å². The maximum absolute atomic E-state index is 5.55. The zero-order valence-corrected chi connectivity index (χ0v) is 14.7. The molecule has 0 amide bonds. The van der Waals surface area contributed by atoms with Crippen LogP contribution in [-0.4, -0.2) is 19.3 Å². The molecular weight excluding hydrogens is 348 g/mol. The zero-order chi connectivity index (χ0) is 15.1. The van der Waals surface area contributed by atoms with Crippen molar-refractivity contribution in [2.45, 2.75) is 33.7 Å².